The molecule has 1 atom stereocenters. The number of esters is 1. The van der Waals surface area contributed by atoms with Crippen LogP contribution < -0.4 is 10.6 Å². The van der Waals surface area contributed by atoms with Gasteiger partial charge in [0.05, 0.1) is 29.7 Å². The Morgan fingerprint density at radius 2 is 2.04 bits per heavy atom. The topological polar surface area (TPSA) is 108 Å². The molecule has 0 radical (unpaired) electrons. The minimum atomic E-state index is -0.825. The van der Waals surface area contributed by atoms with Gasteiger partial charge in [0.2, 0.25) is 11.8 Å². The number of ether oxygens (including phenoxy) is 1. The fourth-order valence-corrected chi connectivity index (χ4v) is 2.40. The molecule has 2 amide bonds. The minimum Gasteiger partial charge on any atom is -0.462 e. The summed E-state index contributed by atoms with van der Waals surface area (Å²) in [5.41, 5.74) is 1.48. The molecule has 0 unspecified atom stereocenters. The van der Waals surface area contributed by atoms with Crippen LogP contribution in [-0.2, 0) is 14.3 Å². The number of benzene rings is 1. The van der Waals surface area contributed by atoms with Gasteiger partial charge in [-0.3, -0.25) is 9.59 Å². The van der Waals surface area contributed by atoms with Crippen LogP contribution in [0.25, 0.3) is 0 Å². The number of hydrogen-bond acceptors (Lipinski definition) is 5. The minimum absolute atomic E-state index is 0.0764. The highest BCUT2D eigenvalue weighted by Crippen LogP contribution is 2.24. The average Bonchev–Trinajstić information content (AvgIpc) is 2.55. The Balaban J connectivity index is 2.12. The first-order valence-electron chi connectivity index (χ1n) is 7.45. The summed E-state index contributed by atoms with van der Waals surface area (Å²) in [6.07, 6.45) is -0.0764. The number of carbonyl (C=O) groups excluding carboxylic acids is 3. The van der Waals surface area contributed by atoms with Crippen LogP contribution in [-0.4, -0.2) is 24.4 Å². The third-order valence-corrected chi connectivity index (χ3v) is 3.57. The number of nitrogens with zero attached hydrogens (tertiary/aromatic N) is 1. The van der Waals surface area contributed by atoms with E-state index in [0.29, 0.717) is 16.9 Å². The van der Waals surface area contributed by atoms with E-state index >= 15 is 0 Å². The number of nitrogens with one attached hydrogen (secondary N) is 2. The number of nitriles is 1. The van der Waals surface area contributed by atoms with Crippen LogP contribution in [0.1, 0.15) is 30.6 Å². The molecule has 124 valence electrons. The normalized spacial score (nSPS) is 16.9. The van der Waals surface area contributed by atoms with E-state index in [9.17, 15) is 19.6 Å². The van der Waals surface area contributed by atoms with Crippen LogP contribution in [0.4, 0.5) is 5.69 Å². The molecule has 1 aliphatic rings. The lowest BCUT2D eigenvalue weighted by Gasteiger charge is -2.22. The monoisotopic (exact) mass is 327 g/mol. The van der Waals surface area contributed by atoms with E-state index in [1.54, 1.807) is 26.0 Å². The molecular formula is C17H17N3O4. The number of hydrogen-bond donors (Lipinski definition) is 2. The highest BCUT2D eigenvalue weighted by Gasteiger charge is 2.31. The van der Waals surface area contributed by atoms with Gasteiger partial charge in [0.1, 0.15) is 0 Å². The SMILES string of the molecule is CCOC(=O)c1ccc(NC(=O)[C@H]2CC(=O)NC(C)=C2C#N)cc1. The van der Waals surface area contributed by atoms with E-state index in [-0.39, 0.29) is 24.5 Å². The lowest BCUT2D eigenvalue weighted by atomic mass is 9.90. The molecule has 1 aromatic rings. The second kappa shape index (κ2) is 7.42. The van der Waals surface area contributed by atoms with Gasteiger partial charge in [0.15, 0.2) is 0 Å². The fraction of sp³-hybridized carbons (Fsp3) is 0.294. The predicted molar refractivity (Wildman–Crippen MR) is 85.6 cm³/mol. The van der Waals surface area contributed by atoms with Crippen molar-refractivity contribution in [2.24, 2.45) is 5.92 Å². The van der Waals surface area contributed by atoms with E-state index in [1.807, 2.05) is 6.07 Å². The quantitative estimate of drug-likeness (QED) is 0.819. The Morgan fingerprint density at radius 1 is 1.38 bits per heavy atom. The molecule has 1 heterocycles. The molecule has 0 saturated heterocycles. The number of carbonyl (C=O) groups is 3. The maximum atomic E-state index is 12.4. The van der Waals surface area contributed by atoms with Gasteiger partial charge < -0.3 is 15.4 Å². The summed E-state index contributed by atoms with van der Waals surface area (Å²) >= 11 is 0. The highest BCUT2D eigenvalue weighted by atomic mass is 16.5. The van der Waals surface area contributed by atoms with E-state index in [2.05, 4.69) is 10.6 Å². The zero-order valence-corrected chi connectivity index (χ0v) is 13.4. The second-order valence-electron chi connectivity index (χ2n) is 5.24. The summed E-state index contributed by atoms with van der Waals surface area (Å²) < 4.78 is 4.88. The van der Waals surface area contributed by atoms with E-state index in [0.717, 1.165) is 0 Å². The molecule has 24 heavy (non-hydrogen) atoms. The van der Waals surface area contributed by atoms with Gasteiger partial charge >= 0.3 is 5.97 Å². The molecule has 0 aromatic heterocycles. The Bertz CT molecular complexity index is 744. The molecule has 7 heteroatoms. The molecule has 1 aromatic carbocycles. The van der Waals surface area contributed by atoms with Gasteiger partial charge in [-0.2, -0.15) is 5.26 Å². The maximum Gasteiger partial charge on any atom is 0.338 e. The molecule has 0 bridgehead atoms. The lowest BCUT2D eigenvalue weighted by molar-refractivity contribution is -0.126. The van der Waals surface area contributed by atoms with Gasteiger partial charge in [0.25, 0.3) is 0 Å². The van der Waals surface area contributed by atoms with Crippen molar-refractivity contribution < 1.29 is 19.1 Å². The first-order valence-corrected chi connectivity index (χ1v) is 7.45. The van der Waals surface area contributed by atoms with Gasteiger partial charge in [-0.15, -0.1) is 0 Å². The zero-order valence-electron chi connectivity index (χ0n) is 13.4. The van der Waals surface area contributed by atoms with Crippen LogP contribution in [0.15, 0.2) is 35.5 Å². The molecule has 7 nitrogen and oxygen atoms in total. The van der Waals surface area contributed by atoms with Crippen molar-refractivity contribution in [1.29, 1.82) is 5.26 Å². The fourth-order valence-electron chi connectivity index (χ4n) is 2.40. The van der Waals surface area contributed by atoms with Crippen LogP contribution in [0.3, 0.4) is 0 Å². The van der Waals surface area contributed by atoms with Crippen molar-refractivity contribution in [2.75, 3.05) is 11.9 Å². The molecule has 0 fully saturated rings. The highest BCUT2D eigenvalue weighted by molar-refractivity contribution is 5.99. The molecular weight excluding hydrogens is 310 g/mol. The van der Waals surface area contributed by atoms with Crippen LogP contribution in [0.5, 0.6) is 0 Å². The van der Waals surface area contributed by atoms with Gasteiger partial charge in [-0.1, -0.05) is 0 Å². The predicted octanol–water partition coefficient (Wildman–Crippen LogP) is 1.74. The smallest absolute Gasteiger partial charge is 0.338 e. The van der Waals surface area contributed by atoms with Crippen molar-refractivity contribution in [3.05, 3.63) is 41.1 Å². The zero-order chi connectivity index (χ0) is 17.7. The van der Waals surface area contributed by atoms with E-state index < -0.39 is 17.8 Å². The Morgan fingerprint density at radius 3 is 2.62 bits per heavy atom. The molecule has 0 spiro atoms. The van der Waals surface area contributed by atoms with Gasteiger partial charge in [-0.05, 0) is 38.1 Å². The van der Waals surface area contributed by atoms with Gasteiger partial charge in [-0.25, -0.2) is 4.79 Å². The van der Waals surface area contributed by atoms with Crippen LogP contribution >= 0.6 is 0 Å². The molecule has 2 N–H and O–H groups in total. The second-order valence-corrected chi connectivity index (χ2v) is 5.24. The average molecular weight is 327 g/mol. The standard InChI is InChI=1S/C17H17N3O4/c1-3-24-17(23)11-4-6-12(7-5-11)20-16(22)13-8-15(21)19-10(2)14(13)9-18/h4-7,13H,3,8H2,1-2H3,(H,19,21)(H,20,22)/t13-/m0/s1. The summed E-state index contributed by atoms with van der Waals surface area (Å²) in [6.45, 7) is 3.59. The van der Waals surface area contributed by atoms with E-state index in [4.69, 9.17) is 4.74 Å². The lowest BCUT2D eigenvalue weighted by Crippen LogP contribution is -2.37. The summed E-state index contributed by atoms with van der Waals surface area (Å²) in [6, 6.07) is 8.17. The Hall–Kier alpha value is -3.14. The molecule has 0 aliphatic carbocycles. The Kier molecular flexibility index (Phi) is 5.32. The summed E-state index contributed by atoms with van der Waals surface area (Å²) in [7, 11) is 0. The van der Waals surface area contributed by atoms with Gasteiger partial charge in [0, 0.05) is 17.8 Å². The maximum absolute atomic E-state index is 12.4. The van der Waals surface area contributed by atoms with Crippen molar-refractivity contribution in [2.45, 2.75) is 20.3 Å². The van der Waals surface area contributed by atoms with Crippen molar-refractivity contribution in [3.63, 3.8) is 0 Å². The van der Waals surface area contributed by atoms with Crippen LogP contribution in [0.2, 0.25) is 0 Å². The van der Waals surface area contributed by atoms with Crippen LogP contribution in [0, 0.1) is 17.2 Å². The largest absolute Gasteiger partial charge is 0.462 e. The van der Waals surface area contributed by atoms with Crippen molar-refractivity contribution >= 4 is 23.5 Å². The first kappa shape index (κ1) is 17.2. The molecule has 0 saturated carbocycles. The number of amides is 2. The van der Waals surface area contributed by atoms with E-state index in [1.165, 1.54) is 12.1 Å². The number of anilines is 1. The summed E-state index contributed by atoms with van der Waals surface area (Å²) in [5, 5.41) is 14.4. The Labute approximate surface area is 139 Å². The first-order chi connectivity index (χ1) is 11.5. The van der Waals surface area contributed by atoms with Crippen molar-refractivity contribution in [1.82, 2.24) is 5.32 Å². The molecule has 1 aliphatic heterocycles. The number of rotatable bonds is 4. The number of allylic oxidation sites excluding steroid dienone is 1. The molecule has 2 rings (SSSR count). The summed E-state index contributed by atoms with van der Waals surface area (Å²) in [4.78, 5) is 35.6. The van der Waals surface area contributed by atoms with Crippen molar-refractivity contribution in [3.8, 4) is 6.07 Å². The summed E-state index contributed by atoms with van der Waals surface area (Å²) in [5.74, 6) is -2.01. The third kappa shape index (κ3) is 3.79. The third-order valence-electron chi connectivity index (χ3n) is 3.57.